The molecule has 1 heterocycles. The number of aldehydes is 1. The summed E-state index contributed by atoms with van der Waals surface area (Å²) in [5, 5.41) is 6.64. The van der Waals surface area contributed by atoms with Gasteiger partial charge in [-0.05, 0) is 26.0 Å². The van der Waals surface area contributed by atoms with Gasteiger partial charge in [-0.1, -0.05) is 11.6 Å². The first kappa shape index (κ1) is 12.2. The van der Waals surface area contributed by atoms with Crippen molar-refractivity contribution in [2.75, 3.05) is 12.3 Å². The van der Waals surface area contributed by atoms with Gasteiger partial charge in [0.05, 0.1) is 17.9 Å². The van der Waals surface area contributed by atoms with Crippen LogP contribution in [0.5, 0.6) is 5.75 Å². The lowest BCUT2D eigenvalue weighted by molar-refractivity contribution is 0.112. The Hall–Kier alpha value is -2.30. The molecule has 1 aromatic carbocycles. The highest BCUT2D eigenvalue weighted by Crippen LogP contribution is 2.33. The fourth-order valence-corrected chi connectivity index (χ4v) is 1.81. The van der Waals surface area contributed by atoms with Gasteiger partial charge >= 0.3 is 0 Å². The average Bonchev–Trinajstić information content (AvgIpc) is 2.73. The topological polar surface area (TPSA) is 81.0 Å². The molecule has 1 aromatic heterocycles. The van der Waals surface area contributed by atoms with Gasteiger partial charge in [0.1, 0.15) is 5.75 Å². The van der Waals surface area contributed by atoms with Crippen LogP contribution in [0.2, 0.25) is 0 Å². The maximum absolute atomic E-state index is 11.1. The number of nitrogens with two attached hydrogens (primary N) is 1. The molecule has 0 fully saturated rings. The predicted molar refractivity (Wildman–Crippen MR) is 69.7 cm³/mol. The van der Waals surface area contributed by atoms with E-state index in [1.54, 1.807) is 0 Å². The van der Waals surface area contributed by atoms with E-state index in [9.17, 15) is 4.79 Å². The van der Waals surface area contributed by atoms with Crippen molar-refractivity contribution in [2.24, 2.45) is 0 Å². The molecule has 0 spiro atoms. The van der Waals surface area contributed by atoms with Crippen LogP contribution in [0.3, 0.4) is 0 Å². The molecule has 5 heteroatoms. The summed E-state index contributed by atoms with van der Waals surface area (Å²) in [6.07, 6.45) is 0.701. The molecule has 5 nitrogen and oxygen atoms in total. The van der Waals surface area contributed by atoms with Crippen LogP contribution in [0.4, 0.5) is 5.82 Å². The van der Waals surface area contributed by atoms with Crippen LogP contribution in [-0.4, -0.2) is 23.1 Å². The molecule has 18 heavy (non-hydrogen) atoms. The second kappa shape index (κ2) is 4.91. The summed E-state index contributed by atoms with van der Waals surface area (Å²) >= 11 is 0. The van der Waals surface area contributed by atoms with Crippen molar-refractivity contribution in [3.8, 4) is 17.0 Å². The zero-order valence-corrected chi connectivity index (χ0v) is 10.4. The van der Waals surface area contributed by atoms with Crippen molar-refractivity contribution in [3.05, 3.63) is 29.3 Å². The number of carbonyl (C=O) groups is 1. The van der Waals surface area contributed by atoms with Gasteiger partial charge in [0.15, 0.2) is 12.1 Å². The van der Waals surface area contributed by atoms with Crippen LogP contribution in [0.15, 0.2) is 18.2 Å². The molecule has 0 atom stereocenters. The van der Waals surface area contributed by atoms with E-state index >= 15 is 0 Å². The predicted octanol–water partition coefficient (Wildman–Crippen LogP) is 2.18. The first-order chi connectivity index (χ1) is 8.67. The number of H-pyrrole nitrogens is 1. The monoisotopic (exact) mass is 245 g/mol. The number of hydrogen-bond donors (Lipinski definition) is 2. The molecule has 94 valence electrons. The van der Waals surface area contributed by atoms with Gasteiger partial charge in [-0.2, -0.15) is 5.10 Å². The lowest BCUT2D eigenvalue weighted by atomic mass is 10.0. The standard InChI is InChI=1S/C13H15N3O2/c1-3-18-11-5-4-8(2)6-9(11)12-10(7-17)13(14)16-15-12/h4-7H,3H2,1-2H3,(H3,14,15,16). The Morgan fingerprint density at radius 2 is 2.28 bits per heavy atom. The van der Waals surface area contributed by atoms with E-state index in [0.29, 0.717) is 29.9 Å². The van der Waals surface area contributed by atoms with Crippen molar-refractivity contribution in [3.63, 3.8) is 0 Å². The molecule has 2 rings (SSSR count). The van der Waals surface area contributed by atoms with Crippen molar-refractivity contribution >= 4 is 12.1 Å². The van der Waals surface area contributed by atoms with Gasteiger partial charge < -0.3 is 10.5 Å². The SMILES string of the molecule is CCOc1ccc(C)cc1-c1[nH]nc(N)c1C=O. The number of aromatic amines is 1. The zero-order valence-electron chi connectivity index (χ0n) is 10.4. The number of aromatic nitrogens is 2. The number of anilines is 1. The van der Waals surface area contributed by atoms with E-state index in [0.717, 1.165) is 11.1 Å². The summed E-state index contributed by atoms with van der Waals surface area (Å²) in [5.74, 6) is 0.902. The van der Waals surface area contributed by atoms with Gasteiger partial charge in [0.25, 0.3) is 0 Å². The first-order valence-corrected chi connectivity index (χ1v) is 5.70. The van der Waals surface area contributed by atoms with Crippen LogP contribution in [0, 0.1) is 6.92 Å². The molecule has 0 saturated carbocycles. The summed E-state index contributed by atoms with van der Waals surface area (Å²) in [6.45, 7) is 4.43. The Kier molecular flexibility index (Phi) is 3.32. The number of carbonyl (C=O) groups excluding carboxylic acids is 1. The van der Waals surface area contributed by atoms with Crippen molar-refractivity contribution in [1.82, 2.24) is 10.2 Å². The maximum atomic E-state index is 11.1. The van der Waals surface area contributed by atoms with E-state index in [1.807, 2.05) is 32.0 Å². The van der Waals surface area contributed by atoms with Gasteiger partial charge in [-0.25, -0.2) is 0 Å². The van der Waals surface area contributed by atoms with Crippen LogP contribution in [0.25, 0.3) is 11.3 Å². The molecule has 0 aliphatic heterocycles. The van der Waals surface area contributed by atoms with E-state index in [4.69, 9.17) is 10.5 Å². The minimum absolute atomic E-state index is 0.198. The number of benzene rings is 1. The molecule has 0 aliphatic carbocycles. The highest BCUT2D eigenvalue weighted by atomic mass is 16.5. The summed E-state index contributed by atoms with van der Waals surface area (Å²) < 4.78 is 5.55. The van der Waals surface area contributed by atoms with Gasteiger partial charge in [0, 0.05) is 5.56 Å². The molecule has 3 N–H and O–H groups in total. The van der Waals surface area contributed by atoms with E-state index in [1.165, 1.54) is 0 Å². The number of nitrogens with zero attached hydrogens (tertiary/aromatic N) is 1. The third kappa shape index (κ3) is 2.07. The van der Waals surface area contributed by atoms with Gasteiger partial charge in [0.2, 0.25) is 0 Å². The second-order valence-electron chi connectivity index (χ2n) is 3.95. The van der Waals surface area contributed by atoms with E-state index < -0.39 is 0 Å². The van der Waals surface area contributed by atoms with Crippen molar-refractivity contribution < 1.29 is 9.53 Å². The normalized spacial score (nSPS) is 10.3. The van der Waals surface area contributed by atoms with Crippen LogP contribution in [-0.2, 0) is 0 Å². The fourth-order valence-electron chi connectivity index (χ4n) is 1.81. The lowest BCUT2D eigenvalue weighted by Crippen LogP contribution is -1.96. The molecule has 0 aliphatic rings. The Morgan fingerprint density at radius 1 is 1.50 bits per heavy atom. The Bertz CT molecular complexity index is 576. The number of hydrogen-bond acceptors (Lipinski definition) is 4. The first-order valence-electron chi connectivity index (χ1n) is 5.70. The molecule has 0 bridgehead atoms. The minimum atomic E-state index is 0.198. The van der Waals surface area contributed by atoms with Gasteiger partial charge in [-0.15, -0.1) is 0 Å². The molecule has 0 unspecified atom stereocenters. The molecule has 0 saturated heterocycles. The van der Waals surface area contributed by atoms with E-state index in [2.05, 4.69) is 10.2 Å². The molecule has 0 amide bonds. The highest BCUT2D eigenvalue weighted by Gasteiger charge is 2.15. The minimum Gasteiger partial charge on any atom is -0.493 e. The zero-order chi connectivity index (χ0) is 13.1. The third-order valence-electron chi connectivity index (χ3n) is 2.66. The largest absolute Gasteiger partial charge is 0.493 e. The molecule has 0 radical (unpaired) electrons. The number of nitrogen functional groups attached to an aromatic ring is 1. The number of aryl methyl sites for hydroxylation is 1. The fraction of sp³-hybridized carbons (Fsp3) is 0.231. The third-order valence-corrected chi connectivity index (χ3v) is 2.66. The van der Waals surface area contributed by atoms with E-state index in [-0.39, 0.29) is 5.82 Å². The number of ether oxygens (including phenoxy) is 1. The van der Waals surface area contributed by atoms with Crippen LogP contribution in [0.1, 0.15) is 22.8 Å². The summed E-state index contributed by atoms with van der Waals surface area (Å²) in [6, 6.07) is 5.76. The van der Waals surface area contributed by atoms with Crippen molar-refractivity contribution in [1.29, 1.82) is 0 Å². The van der Waals surface area contributed by atoms with Crippen LogP contribution < -0.4 is 10.5 Å². The summed E-state index contributed by atoms with van der Waals surface area (Å²) in [4.78, 5) is 11.1. The number of nitrogens with one attached hydrogen (secondary N) is 1. The average molecular weight is 245 g/mol. The smallest absolute Gasteiger partial charge is 0.156 e. The Morgan fingerprint density at radius 3 is 2.94 bits per heavy atom. The molecular formula is C13H15N3O2. The lowest BCUT2D eigenvalue weighted by Gasteiger charge is -2.10. The summed E-state index contributed by atoms with van der Waals surface area (Å²) in [5.41, 5.74) is 8.45. The quantitative estimate of drug-likeness (QED) is 0.809. The maximum Gasteiger partial charge on any atom is 0.156 e. The molecular weight excluding hydrogens is 230 g/mol. The Labute approximate surface area is 105 Å². The molecule has 2 aromatic rings. The Balaban J connectivity index is 2.61. The second-order valence-corrected chi connectivity index (χ2v) is 3.95. The number of rotatable bonds is 4. The summed E-state index contributed by atoms with van der Waals surface area (Å²) in [7, 11) is 0. The van der Waals surface area contributed by atoms with Gasteiger partial charge in [-0.3, -0.25) is 9.89 Å². The highest BCUT2D eigenvalue weighted by molar-refractivity contribution is 5.92. The van der Waals surface area contributed by atoms with Crippen LogP contribution >= 0.6 is 0 Å². The van der Waals surface area contributed by atoms with Crippen molar-refractivity contribution in [2.45, 2.75) is 13.8 Å².